The van der Waals surface area contributed by atoms with E-state index in [1.54, 1.807) is 0 Å². The third kappa shape index (κ3) is 2.72. The van der Waals surface area contributed by atoms with Gasteiger partial charge in [0.1, 0.15) is 6.07 Å². The summed E-state index contributed by atoms with van der Waals surface area (Å²) in [4.78, 5) is 0. The van der Waals surface area contributed by atoms with Gasteiger partial charge in [0, 0.05) is 18.4 Å². The van der Waals surface area contributed by atoms with Gasteiger partial charge in [-0.05, 0) is 30.7 Å². The van der Waals surface area contributed by atoms with E-state index >= 15 is 0 Å². The average Bonchev–Trinajstić information content (AvgIpc) is 2.84. The van der Waals surface area contributed by atoms with Crippen LogP contribution in [-0.4, -0.2) is 4.57 Å². The van der Waals surface area contributed by atoms with Crippen LogP contribution in [-0.2, 0) is 13.1 Å². The second-order valence-electron chi connectivity index (χ2n) is 4.20. The molecule has 2 aromatic rings. The SMILES string of the molecule is CCCn1cccc1CNc1ccccc1C#N. The lowest BCUT2D eigenvalue weighted by atomic mass is 10.2. The number of benzene rings is 1. The Labute approximate surface area is 108 Å². The Morgan fingerprint density at radius 1 is 1.22 bits per heavy atom. The topological polar surface area (TPSA) is 40.8 Å². The van der Waals surface area contributed by atoms with Crippen molar-refractivity contribution < 1.29 is 0 Å². The molecular weight excluding hydrogens is 222 g/mol. The zero-order valence-electron chi connectivity index (χ0n) is 10.6. The van der Waals surface area contributed by atoms with Crippen LogP contribution < -0.4 is 5.32 Å². The Morgan fingerprint density at radius 3 is 2.83 bits per heavy atom. The van der Waals surface area contributed by atoms with Crippen LogP contribution in [0.5, 0.6) is 0 Å². The fraction of sp³-hybridized carbons (Fsp3) is 0.267. The molecule has 1 aromatic heterocycles. The molecule has 0 saturated heterocycles. The van der Waals surface area contributed by atoms with E-state index in [-0.39, 0.29) is 0 Å². The number of nitrogens with one attached hydrogen (secondary N) is 1. The van der Waals surface area contributed by atoms with Crippen molar-refractivity contribution in [2.24, 2.45) is 0 Å². The number of para-hydroxylation sites is 1. The molecule has 3 heteroatoms. The molecule has 0 bridgehead atoms. The summed E-state index contributed by atoms with van der Waals surface area (Å²) in [5.74, 6) is 0. The zero-order chi connectivity index (χ0) is 12.8. The molecule has 0 saturated carbocycles. The Balaban J connectivity index is 2.07. The number of aryl methyl sites for hydroxylation is 1. The minimum Gasteiger partial charge on any atom is -0.378 e. The van der Waals surface area contributed by atoms with Crippen LogP contribution in [0.2, 0.25) is 0 Å². The molecule has 1 heterocycles. The number of hydrogen-bond donors (Lipinski definition) is 1. The first-order valence-electron chi connectivity index (χ1n) is 6.22. The number of rotatable bonds is 5. The maximum Gasteiger partial charge on any atom is 0.101 e. The molecule has 0 aliphatic rings. The van der Waals surface area contributed by atoms with Gasteiger partial charge in [0.2, 0.25) is 0 Å². The lowest BCUT2D eigenvalue weighted by molar-refractivity contribution is 0.654. The van der Waals surface area contributed by atoms with Crippen molar-refractivity contribution in [3.05, 3.63) is 53.9 Å². The number of nitrogens with zero attached hydrogens (tertiary/aromatic N) is 2. The summed E-state index contributed by atoms with van der Waals surface area (Å²) in [6.07, 6.45) is 3.22. The third-order valence-electron chi connectivity index (χ3n) is 2.90. The van der Waals surface area contributed by atoms with Crippen LogP contribution in [0.1, 0.15) is 24.6 Å². The first-order valence-corrected chi connectivity index (χ1v) is 6.22. The molecule has 0 spiro atoms. The van der Waals surface area contributed by atoms with Gasteiger partial charge in [0.15, 0.2) is 0 Å². The van der Waals surface area contributed by atoms with E-state index in [0.717, 1.165) is 25.2 Å². The second-order valence-corrected chi connectivity index (χ2v) is 4.20. The average molecular weight is 239 g/mol. The van der Waals surface area contributed by atoms with Gasteiger partial charge in [-0.3, -0.25) is 0 Å². The molecule has 0 fully saturated rings. The predicted molar refractivity (Wildman–Crippen MR) is 73.2 cm³/mol. The van der Waals surface area contributed by atoms with Crippen molar-refractivity contribution in [1.29, 1.82) is 5.26 Å². The summed E-state index contributed by atoms with van der Waals surface area (Å²) in [5.41, 5.74) is 2.82. The van der Waals surface area contributed by atoms with Gasteiger partial charge in [-0.25, -0.2) is 0 Å². The van der Waals surface area contributed by atoms with Crippen molar-refractivity contribution in [2.75, 3.05) is 5.32 Å². The summed E-state index contributed by atoms with van der Waals surface area (Å²) >= 11 is 0. The molecular formula is C15H17N3. The maximum atomic E-state index is 9.02. The highest BCUT2D eigenvalue weighted by Gasteiger charge is 2.02. The predicted octanol–water partition coefficient (Wildman–Crippen LogP) is 3.38. The molecule has 2 rings (SSSR count). The van der Waals surface area contributed by atoms with E-state index in [1.165, 1.54) is 5.69 Å². The Hall–Kier alpha value is -2.21. The molecule has 0 aliphatic carbocycles. The first kappa shape index (κ1) is 12.3. The zero-order valence-corrected chi connectivity index (χ0v) is 10.6. The lowest BCUT2D eigenvalue weighted by Crippen LogP contribution is -2.07. The van der Waals surface area contributed by atoms with Crippen molar-refractivity contribution in [2.45, 2.75) is 26.4 Å². The van der Waals surface area contributed by atoms with E-state index in [0.29, 0.717) is 5.56 Å². The van der Waals surface area contributed by atoms with Crippen LogP contribution in [0.25, 0.3) is 0 Å². The van der Waals surface area contributed by atoms with E-state index in [1.807, 2.05) is 24.3 Å². The number of hydrogen-bond acceptors (Lipinski definition) is 2. The normalized spacial score (nSPS) is 10.0. The van der Waals surface area contributed by atoms with E-state index < -0.39 is 0 Å². The van der Waals surface area contributed by atoms with Gasteiger partial charge in [-0.1, -0.05) is 19.1 Å². The Bertz CT molecular complexity index is 549. The molecule has 92 valence electrons. The van der Waals surface area contributed by atoms with Crippen molar-refractivity contribution in [3.8, 4) is 6.07 Å². The number of nitriles is 1. The second kappa shape index (κ2) is 5.92. The van der Waals surface area contributed by atoms with Crippen LogP contribution >= 0.6 is 0 Å². The third-order valence-corrected chi connectivity index (χ3v) is 2.90. The lowest BCUT2D eigenvalue weighted by Gasteiger charge is -2.11. The first-order chi connectivity index (χ1) is 8.85. The molecule has 18 heavy (non-hydrogen) atoms. The highest BCUT2D eigenvalue weighted by atomic mass is 15.0. The summed E-state index contributed by atoms with van der Waals surface area (Å²) in [6, 6.07) is 13.9. The summed E-state index contributed by atoms with van der Waals surface area (Å²) in [7, 11) is 0. The molecule has 0 atom stereocenters. The summed E-state index contributed by atoms with van der Waals surface area (Å²) in [6.45, 7) is 3.94. The minimum atomic E-state index is 0.686. The molecule has 0 radical (unpaired) electrons. The molecule has 0 unspecified atom stereocenters. The van der Waals surface area contributed by atoms with Crippen LogP contribution in [0.15, 0.2) is 42.6 Å². The van der Waals surface area contributed by atoms with Gasteiger partial charge in [-0.15, -0.1) is 0 Å². The van der Waals surface area contributed by atoms with E-state index in [9.17, 15) is 0 Å². The smallest absolute Gasteiger partial charge is 0.101 e. The molecule has 1 N–H and O–H groups in total. The van der Waals surface area contributed by atoms with Gasteiger partial charge in [0.05, 0.1) is 17.8 Å². The summed E-state index contributed by atoms with van der Waals surface area (Å²) in [5, 5.41) is 12.3. The van der Waals surface area contributed by atoms with Crippen LogP contribution in [0, 0.1) is 11.3 Å². The van der Waals surface area contributed by atoms with Gasteiger partial charge < -0.3 is 9.88 Å². The largest absolute Gasteiger partial charge is 0.378 e. The molecule has 1 aromatic carbocycles. The number of aromatic nitrogens is 1. The Kier molecular flexibility index (Phi) is 4.03. The van der Waals surface area contributed by atoms with E-state index in [4.69, 9.17) is 5.26 Å². The maximum absolute atomic E-state index is 9.02. The van der Waals surface area contributed by atoms with Crippen molar-refractivity contribution >= 4 is 5.69 Å². The minimum absolute atomic E-state index is 0.686. The summed E-state index contributed by atoms with van der Waals surface area (Å²) < 4.78 is 2.24. The fourth-order valence-electron chi connectivity index (χ4n) is 1.99. The van der Waals surface area contributed by atoms with Gasteiger partial charge in [-0.2, -0.15) is 5.26 Å². The standard InChI is InChI=1S/C15H17N3/c1-2-9-18-10-5-7-14(18)12-17-15-8-4-3-6-13(15)11-16/h3-8,10,17H,2,9,12H2,1H3. The molecule has 3 nitrogen and oxygen atoms in total. The highest BCUT2D eigenvalue weighted by molar-refractivity contribution is 5.57. The monoisotopic (exact) mass is 239 g/mol. The molecule has 0 aliphatic heterocycles. The fourth-order valence-corrected chi connectivity index (χ4v) is 1.99. The van der Waals surface area contributed by atoms with Gasteiger partial charge in [0.25, 0.3) is 0 Å². The number of anilines is 1. The van der Waals surface area contributed by atoms with Gasteiger partial charge >= 0.3 is 0 Å². The Morgan fingerprint density at radius 2 is 2.06 bits per heavy atom. The van der Waals surface area contributed by atoms with E-state index in [2.05, 4.69) is 41.2 Å². The van der Waals surface area contributed by atoms with Crippen molar-refractivity contribution in [1.82, 2.24) is 4.57 Å². The highest BCUT2D eigenvalue weighted by Crippen LogP contribution is 2.15. The van der Waals surface area contributed by atoms with Crippen molar-refractivity contribution in [3.63, 3.8) is 0 Å². The quantitative estimate of drug-likeness (QED) is 0.869. The molecule has 0 amide bonds. The van der Waals surface area contributed by atoms with Crippen LogP contribution in [0.4, 0.5) is 5.69 Å². The van der Waals surface area contributed by atoms with Crippen LogP contribution in [0.3, 0.4) is 0 Å².